The number of ether oxygens (including phenoxy) is 2. The lowest BCUT2D eigenvalue weighted by Crippen LogP contribution is -1.94. The van der Waals surface area contributed by atoms with Crippen LogP contribution in [0.25, 0.3) is 6.08 Å². The van der Waals surface area contributed by atoms with Crippen LogP contribution in [0.15, 0.2) is 42.5 Å². The third kappa shape index (κ3) is 2.98. The number of hydrogen-bond donors (Lipinski definition) is 1. The molecule has 3 rings (SSSR count). The molecule has 0 spiro atoms. The van der Waals surface area contributed by atoms with Gasteiger partial charge in [0.15, 0.2) is 23.0 Å². The van der Waals surface area contributed by atoms with E-state index in [0.29, 0.717) is 22.6 Å². The number of carbonyl (C=O) groups excluding carboxylic acids is 1. The van der Waals surface area contributed by atoms with Gasteiger partial charge in [0.05, 0.1) is 4.92 Å². The number of hydrogen-bond acceptors (Lipinski definition) is 6. The number of rotatable bonds is 4. The largest absolute Gasteiger partial charge is 0.502 e. The number of ketones is 1. The molecule has 1 aliphatic rings. The second-order valence-corrected chi connectivity index (χ2v) is 4.77. The molecule has 0 saturated carbocycles. The van der Waals surface area contributed by atoms with Crippen molar-refractivity contribution in [1.29, 1.82) is 0 Å². The molecule has 0 bridgehead atoms. The summed E-state index contributed by atoms with van der Waals surface area (Å²) in [4.78, 5) is 22.2. The van der Waals surface area contributed by atoms with Gasteiger partial charge >= 0.3 is 5.69 Å². The van der Waals surface area contributed by atoms with Crippen LogP contribution in [-0.4, -0.2) is 22.6 Å². The van der Waals surface area contributed by atoms with Crippen molar-refractivity contribution in [3.8, 4) is 17.2 Å². The number of fused-ring (bicyclic) bond motifs is 1. The number of aromatic hydroxyl groups is 1. The van der Waals surface area contributed by atoms with Gasteiger partial charge < -0.3 is 14.6 Å². The molecule has 1 N–H and O–H groups in total. The summed E-state index contributed by atoms with van der Waals surface area (Å²) >= 11 is 0. The predicted molar refractivity (Wildman–Crippen MR) is 80.7 cm³/mol. The van der Waals surface area contributed by atoms with Gasteiger partial charge in [0, 0.05) is 11.6 Å². The highest BCUT2D eigenvalue weighted by atomic mass is 16.7. The number of nitrogens with zero attached hydrogens (tertiary/aromatic N) is 1. The average molecular weight is 313 g/mol. The van der Waals surface area contributed by atoms with Crippen LogP contribution in [0.2, 0.25) is 0 Å². The minimum atomic E-state index is -0.688. The quantitative estimate of drug-likeness (QED) is 0.403. The first kappa shape index (κ1) is 14.6. The van der Waals surface area contributed by atoms with Crippen molar-refractivity contribution in [2.75, 3.05) is 6.79 Å². The lowest BCUT2D eigenvalue weighted by Gasteiger charge is -2.00. The molecule has 116 valence electrons. The molecular formula is C16H11NO6. The summed E-state index contributed by atoms with van der Waals surface area (Å²) in [5.74, 6) is 0.387. The van der Waals surface area contributed by atoms with E-state index in [1.165, 1.54) is 30.4 Å². The van der Waals surface area contributed by atoms with Crippen molar-refractivity contribution < 1.29 is 24.3 Å². The third-order valence-electron chi connectivity index (χ3n) is 3.28. The zero-order valence-electron chi connectivity index (χ0n) is 11.8. The maximum absolute atomic E-state index is 12.1. The maximum Gasteiger partial charge on any atom is 0.311 e. The first-order valence-corrected chi connectivity index (χ1v) is 6.64. The standard InChI is InChI=1S/C16H11NO6/c18-13(11-3-6-15-16(8-11)23-9-22-15)4-1-10-2-5-14(19)12(7-10)17(20)21/h1-8,19H,9H2/b4-1+. The van der Waals surface area contributed by atoms with E-state index < -0.39 is 16.4 Å². The van der Waals surface area contributed by atoms with Crippen LogP contribution >= 0.6 is 0 Å². The molecule has 1 aliphatic heterocycles. The lowest BCUT2D eigenvalue weighted by molar-refractivity contribution is -0.385. The first-order valence-electron chi connectivity index (χ1n) is 6.64. The predicted octanol–water partition coefficient (Wildman–Crippen LogP) is 2.93. The van der Waals surface area contributed by atoms with Gasteiger partial charge in [0.2, 0.25) is 6.79 Å². The van der Waals surface area contributed by atoms with E-state index in [1.807, 2.05) is 0 Å². The molecule has 0 aliphatic carbocycles. The lowest BCUT2D eigenvalue weighted by atomic mass is 10.1. The van der Waals surface area contributed by atoms with Crippen LogP contribution in [0.3, 0.4) is 0 Å². The minimum Gasteiger partial charge on any atom is -0.502 e. The van der Waals surface area contributed by atoms with E-state index in [-0.39, 0.29) is 12.6 Å². The van der Waals surface area contributed by atoms with Crippen LogP contribution in [0.5, 0.6) is 17.2 Å². The Morgan fingerprint density at radius 3 is 2.74 bits per heavy atom. The highest BCUT2D eigenvalue weighted by Crippen LogP contribution is 2.32. The summed E-state index contributed by atoms with van der Waals surface area (Å²) in [6, 6.07) is 8.72. The van der Waals surface area contributed by atoms with Crippen LogP contribution in [0.4, 0.5) is 5.69 Å². The molecule has 0 amide bonds. The van der Waals surface area contributed by atoms with Crippen molar-refractivity contribution in [2.24, 2.45) is 0 Å². The zero-order valence-corrected chi connectivity index (χ0v) is 11.8. The van der Waals surface area contributed by atoms with E-state index in [2.05, 4.69) is 0 Å². The maximum atomic E-state index is 12.1. The summed E-state index contributed by atoms with van der Waals surface area (Å²) in [6.07, 6.45) is 2.74. The molecular weight excluding hydrogens is 302 g/mol. The number of allylic oxidation sites excluding steroid dienone is 1. The Bertz CT molecular complexity index is 827. The van der Waals surface area contributed by atoms with Gasteiger partial charge in [-0.1, -0.05) is 12.1 Å². The number of nitro benzene ring substituents is 1. The Morgan fingerprint density at radius 2 is 1.96 bits per heavy atom. The summed E-state index contributed by atoms with van der Waals surface area (Å²) in [5.41, 5.74) is 0.435. The summed E-state index contributed by atoms with van der Waals surface area (Å²) in [5, 5.41) is 20.2. The van der Waals surface area contributed by atoms with Crippen LogP contribution < -0.4 is 9.47 Å². The molecule has 23 heavy (non-hydrogen) atoms. The monoisotopic (exact) mass is 313 g/mol. The molecule has 0 atom stereocenters. The van der Waals surface area contributed by atoms with Gasteiger partial charge in [-0.05, 0) is 35.9 Å². The van der Waals surface area contributed by atoms with Gasteiger partial charge in [-0.2, -0.15) is 0 Å². The Morgan fingerprint density at radius 1 is 1.17 bits per heavy atom. The summed E-state index contributed by atoms with van der Waals surface area (Å²) in [7, 11) is 0. The topological polar surface area (TPSA) is 98.9 Å². The highest BCUT2D eigenvalue weighted by Gasteiger charge is 2.15. The van der Waals surface area contributed by atoms with Crippen LogP contribution in [0, 0.1) is 10.1 Å². The van der Waals surface area contributed by atoms with Crippen molar-refractivity contribution in [3.63, 3.8) is 0 Å². The summed E-state index contributed by atoms with van der Waals surface area (Å²) in [6.45, 7) is 0.125. The van der Waals surface area contributed by atoms with Gasteiger partial charge in [-0.25, -0.2) is 0 Å². The van der Waals surface area contributed by atoms with E-state index >= 15 is 0 Å². The normalized spacial score (nSPS) is 12.5. The van der Waals surface area contributed by atoms with E-state index in [9.17, 15) is 20.0 Å². The Kier molecular flexibility index (Phi) is 3.68. The number of carbonyl (C=O) groups is 1. The molecule has 0 saturated heterocycles. The van der Waals surface area contributed by atoms with Crippen molar-refractivity contribution in [2.45, 2.75) is 0 Å². The van der Waals surface area contributed by atoms with Crippen molar-refractivity contribution in [1.82, 2.24) is 0 Å². The molecule has 2 aromatic carbocycles. The molecule has 0 fully saturated rings. The van der Waals surface area contributed by atoms with Crippen molar-refractivity contribution >= 4 is 17.5 Å². The molecule has 7 heteroatoms. The average Bonchev–Trinajstić information content (AvgIpc) is 3.01. The number of phenolic OH excluding ortho intramolecular Hbond substituents is 1. The van der Waals surface area contributed by atoms with E-state index in [4.69, 9.17) is 9.47 Å². The fraction of sp³-hybridized carbons (Fsp3) is 0.0625. The number of benzene rings is 2. The second kappa shape index (κ2) is 5.80. The van der Waals surface area contributed by atoms with Crippen LogP contribution in [0.1, 0.15) is 15.9 Å². The Hall–Kier alpha value is -3.35. The molecule has 0 aromatic heterocycles. The molecule has 0 unspecified atom stereocenters. The SMILES string of the molecule is O=C(/C=C/c1ccc(O)c([N+](=O)[O-])c1)c1ccc2c(c1)OCO2. The Labute approximate surface area is 130 Å². The van der Waals surface area contributed by atoms with Gasteiger partial charge in [-0.15, -0.1) is 0 Å². The zero-order chi connectivity index (χ0) is 16.4. The number of nitro groups is 1. The molecule has 0 radical (unpaired) electrons. The number of phenols is 1. The molecule has 7 nitrogen and oxygen atoms in total. The fourth-order valence-electron chi connectivity index (χ4n) is 2.11. The van der Waals surface area contributed by atoms with E-state index in [0.717, 1.165) is 0 Å². The third-order valence-corrected chi connectivity index (χ3v) is 3.28. The van der Waals surface area contributed by atoms with Gasteiger partial charge in [0.25, 0.3) is 0 Å². The van der Waals surface area contributed by atoms with Gasteiger partial charge in [-0.3, -0.25) is 14.9 Å². The Balaban J connectivity index is 1.81. The minimum absolute atomic E-state index is 0.125. The summed E-state index contributed by atoms with van der Waals surface area (Å²) < 4.78 is 10.4. The first-order chi connectivity index (χ1) is 11.0. The molecule has 2 aromatic rings. The van der Waals surface area contributed by atoms with Gasteiger partial charge in [0.1, 0.15) is 0 Å². The van der Waals surface area contributed by atoms with E-state index in [1.54, 1.807) is 18.2 Å². The fourth-order valence-corrected chi connectivity index (χ4v) is 2.11. The highest BCUT2D eigenvalue weighted by molar-refractivity contribution is 6.07. The van der Waals surface area contributed by atoms with Crippen molar-refractivity contribution in [3.05, 3.63) is 63.7 Å². The molecule has 1 heterocycles. The second-order valence-electron chi connectivity index (χ2n) is 4.77. The van der Waals surface area contributed by atoms with Crippen LogP contribution in [-0.2, 0) is 0 Å². The smallest absolute Gasteiger partial charge is 0.311 e.